The molecule has 7 nitrogen and oxygen atoms in total. The summed E-state index contributed by atoms with van der Waals surface area (Å²) in [4.78, 5) is 13.4. The quantitative estimate of drug-likeness (QED) is 0.164. The van der Waals surface area contributed by atoms with Crippen molar-refractivity contribution < 1.29 is 9.84 Å². The van der Waals surface area contributed by atoms with E-state index in [-0.39, 0.29) is 16.3 Å². The summed E-state index contributed by atoms with van der Waals surface area (Å²) < 4.78 is 9.31. The molecular weight excluding hydrogens is 551 g/mol. The highest BCUT2D eigenvalue weighted by Crippen LogP contribution is 2.29. The minimum atomic E-state index is -0.569. The summed E-state index contributed by atoms with van der Waals surface area (Å²) in [6.45, 7) is 2.46. The zero-order valence-corrected chi connectivity index (χ0v) is 20.5. The van der Waals surface area contributed by atoms with E-state index in [4.69, 9.17) is 17.0 Å². The molecule has 33 heavy (non-hydrogen) atoms. The molecule has 0 aliphatic carbocycles. The van der Waals surface area contributed by atoms with Crippen molar-refractivity contribution in [1.29, 1.82) is 0 Å². The van der Waals surface area contributed by atoms with E-state index < -0.39 is 5.56 Å². The normalized spacial score (nSPS) is 11.1. The maximum absolute atomic E-state index is 13.4. The monoisotopic (exact) mass is 570 g/mol. The van der Waals surface area contributed by atoms with Crippen LogP contribution in [0.25, 0.3) is 11.4 Å². The Morgan fingerprint density at radius 1 is 0.909 bits per heavy atom. The van der Waals surface area contributed by atoms with Crippen LogP contribution >= 0.6 is 34.8 Å². The molecule has 3 aromatic carbocycles. The lowest BCUT2D eigenvalue weighted by atomic mass is 10.3. The van der Waals surface area contributed by atoms with Gasteiger partial charge in [0.25, 0.3) is 5.56 Å². The highest BCUT2D eigenvalue weighted by molar-refractivity contribution is 14.1. The van der Waals surface area contributed by atoms with Gasteiger partial charge in [-0.05, 0) is 102 Å². The van der Waals surface area contributed by atoms with Gasteiger partial charge in [0, 0.05) is 3.57 Å². The predicted molar refractivity (Wildman–Crippen MR) is 138 cm³/mol. The molecule has 1 aromatic heterocycles. The van der Waals surface area contributed by atoms with Crippen LogP contribution in [0.15, 0.2) is 93.9 Å². The molecule has 4 rings (SSSR count). The fourth-order valence-electron chi connectivity index (χ4n) is 3.18. The smallest absolute Gasteiger partial charge is 0.290 e. The lowest BCUT2D eigenvalue weighted by Crippen LogP contribution is -2.23. The van der Waals surface area contributed by atoms with Gasteiger partial charge in [-0.2, -0.15) is 5.11 Å². The van der Waals surface area contributed by atoms with Gasteiger partial charge in [0.15, 0.2) is 4.77 Å². The van der Waals surface area contributed by atoms with E-state index in [1.54, 1.807) is 48.5 Å². The first-order valence-corrected chi connectivity index (χ1v) is 11.6. The van der Waals surface area contributed by atoms with Crippen LogP contribution < -0.4 is 10.3 Å². The van der Waals surface area contributed by atoms with Crippen LogP contribution in [0, 0.1) is 8.34 Å². The zero-order chi connectivity index (χ0) is 23.4. The number of nitrogens with zero attached hydrogens (tertiary/aromatic N) is 4. The Kier molecular flexibility index (Phi) is 6.99. The molecule has 0 bridgehead atoms. The highest BCUT2D eigenvalue weighted by Gasteiger charge is 2.19. The average Bonchev–Trinajstić information content (AvgIpc) is 2.82. The Hall–Kier alpha value is -3.31. The van der Waals surface area contributed by atoms with Crippen molar-refractivity contribution in [3.63, 3.8) is 0 Å². The Morgan fingerprint density at radius 3 is 2.18 bits per heavy atom. The first-order valence-electron chi connectivity index (χ1n) is 10.1. The molecule has 0 radical (unpaired) electrons. The molecular formula is C24H19IN4O3S. The van der Waals surface area contributed by atoms with E-state index in [9.17, 15) is 9.90 Å². The van der Waals surface area contributed by atoms with E-state index in [1.165, 1.54) is 9.13 Å². The number of rotatable bonds is 6. The van der Waals surface area contributed by atoms with Crippen molar-refractivity contribution in [2.75, 3.05) is 6.61 Å². The van der Waals surface area contributed by atoms with Crippen LogP contribution in [0.5, 0.6) is 11.6 Å². The molecule has 0 unspecified atom stereocenters. The third-order valence-corrected chi connectivity index (χ3v) is 5.81. The topological polar surface area (TPSA) is 81.1 Å². The number of ether oxygens (including phenoxy) is 1. The lowest BCUT2D eigenvalue weighted by molar-refractivity contribution is 0.340. The second-order valence-electron chi connectivity index (χ2n) is 6.87. The number of benzene rings is 3. The number of hydrogen-bond donors (Lipinski definition) is 1. The molecule has 9 heteroatoms. The van der Waals surface area contributed by atoms with Crippen LogP contribution in [0.3, 0.4) is 0 Å². The summed E-state index contributed by atoms with van der Waals surface area (Å²) in [5.74, 6) is 0.325. The Bertz CT molecular complexity index is 1410. The Morgan fingerprint density at radius 2 is 1.55 bits per heavy atom. The third kappa shape index (κ3) is 4.88. The van der Waals surface area contributed by atoms with E-state index in [2.05, 4.69) is 32.8 Å². The molecule has 0 aliphatic rings. The van der Waals surface area contributed by atoms with Gasteiger partial charge in [0.05, 0.1) is 23.7 Å². The molecule has 0 spiro atoms. The molecule has 0 aliphatic heterocycles. The largest absolute Gasteiger partial charge is 0.494 e. The number of aromatic hydroxyl groups is 1. The van der Waals surface area contributed by atoms with Gasteiger partial charge in [-0.3, -0.25) is 13.9 Å². The van der Waals surface area contributed by atoms with E-state index in [0.717, 1.165) is 3.57 Å². The lowest BCUT2D eigenvalue weighted by Gasteiger charge is -2.16. The van der Waals surface area contributed by atoms with Gasteiger partial charge >= 0.3 is 0 Å². The van der Waals surface area contributed by atoms with Crippen LogP contribution in [0.2, 0.25) is 0 Å². The maximum atomic E-state index is 13.4. The fraction of sp³-hybridized carbons (Fsp3) is 0.0833. The highest BCUT2D eigenvalue weighted by atomic mass is 127. The predicted octanol–water partition coefficient (Wildman–Crippen LogP) is 6.48. The van der Waals surface area contributed by atoms with Crippen molar-refractivity contribution >= 4 is 46.2 Å². The van der Waals surface area contributed by atoms with E-state index in [0.29, 0.717) is 29.4 Å². The number of halogens is 1. The van der Waals surface area contributed by atoms with Crippen LogP contribution in [-0.2, 0) is 0 Å². The van der Waals surface area contributed by atoms with E-state index in [1.807, 2.05) is 37.3 Å². The number of hydrogen-bond acceptors (Lipinski definition) is 6. The molecule has 0 amide bonds. The van der Waals surface area contributed by atoms with E-state index >= 15 is 0 Å². The summed E-state index contributed by atoms with van der Waals surface area (Å²) in [6, 6.07) is 23.3. The van der Waals surface area contributed by atoms with Gasteiger partial charge in [0.2, 0.25) is 11.6 Å². The first kappa shape index (κ1) is 22.9. The summed E-state index contributed by atoms with van der Waals surface area (Å²) in [5, 5.41) is 19.3. The van der Waals surface area contributed by atoms with Crippen molar-refractivity contribution in [1.82, 2.24) is 9.13 Å². The maximum Gasteiger partial charge on any atom is 0.290 e. The Balaban J connectivity index is 1.90. The molecule has 0 saturated carbocycles. The summed E-state index contributed by atoms with van der Waals surface area (Å²) in [6.07, 6.45) is 0. The van der Waals surface area contributed by atoms with Crippen molar-refractivity contribution in [2.24, 2.45) is 10.2 Å². The van der Waals surface area contributed by atoms with Crippen LogP contribution in [0.4, 0.5) is 11.4 Å². The second-order valence-corrected chi connectivity index (χ2v) is 8.48. The number of para-hydroxylation sites is 1. The second kappa shape index (κ2) is 10.1. The van der Waals surface area contributed by atoms with Crippen LogP contribution in [0.1, 0.15) is 6.92 Å². The third-order valence-electron chi connectivity index (χ3n) is 4.72. The van der Waals surface area contributed by atoms with Crippen molar-refractivity contribution in [2.45, 2.75) is 6.92 Å². The van der Waals surface area contributed by atoms with Gasteiger partial charge in [0.1, 0.15) is 5.75 Å². The van der Waals surface area contributed by atoms with Gasteiger partial charge in [-0.1, -0.05) is 18.2 Å². The van der Waals surface area contributed by atoms with Crippen molar-refractivity contribution in [3.05, 3.63) is 97.6 Å². The zero-order valence-electron chi connectivity index (χ0n) is 17.6. The number of azo groups is 1. The molecule has 0 saturated heterocycles. The molecule has 1 heterocycles. The molecule has 0 atom stereocenters. The van der Waals surface area contributed by atoms with Crippen molar-refractivity contribution in [3.8, 4) is 23.0 Å². The molecule has 4 aromatic rings. The fourth-order valence-corrected chi connectivity index (χ4v) is 3.92. The van der Waals surface area contributed by atoms with Crippen LogP contribution in [-0.4, -0.2) is 20.8 Å². The van der Waals surface area contributed by atoms with Gasteiger partial charge in [-0.25, -0.2) is 0 Å². The van der Waals surface area contributed by atoms with Gasteiger partial charge in [-0.15, -0.1) is 5.11 Å². The first-order chi connectivity index (χ1) is 16.0. The van der Waals surface area contributed by atoms with Gasteiger partial charge < -0.3 is 9.84 Å². The Labute approximate surface area is 208 Å². The summed E-state index contributed by atoms with van der Waals surface area (Å²) in [5.41, 5.74) is 0.871. The standard InChI is InChI=1S/C24H19IN4O3S/c1-2-32-20-14-10-17(11-15-20)26-27-21-22(30)28(18-6-4-3-5-7-18)24(33)29(23(21)31)19-12-8-16(25)9-13-19/h3-15,31H,2H2,1H3. The number of aromatic nitrogens is 2. The molecule has 166 valence electrons. The molecule has 1 N–H and O–H groups in total. The average molecular weight is 570 g/mol. The minimum Gasteiger partial charge on any atom is -0.494 e. The minimum absolute atomic E-state index is 0.116. The molecule has 0 fully saturated rings. The summed E-state index contributed by atoms with van der Waals surface area (Å²) >= 11 is 7.81. The summed E-state index contributed by atoms with van der Waals surface area (Å²) in [7, 11) is 0. The SMILES string of the molecule is CCOc1ccc(N=Nc2c(O)n(-c3ccc(I)cc3)c(=S)n(-c3ccccc3)c2=O)cc1.